The molecule has 0 spiro atoms. The highest BCUT2D eigenvalue weighted by atomic mass is 35.5. The van der Waals surface area contributed by atoms with Crippen LogP contribution in [0.4, 0.5) is 8.78 Å². The van der Waals surface area contributed by atoms with E-state index in [0.29, 0.717) is 21.5 Å². The summed E-state index contributed by atoms with van der Waals surface area (Å²) in [6, 6.07) is 8.36. The van der Waals surface area contributed by atoms with Crippen molar-refractivity contribution >= 4 is 41.9 Å². The van der Waals surface area contributed by atoms with Gasteiger partial charge in [-0.05, 0) is 47.5 Å². The van der Waals surface area contributed by atoms with Gasteiger partial charge in [0.15, 0.2) is 11.6 Å². The fraction of sp³-hybridized carbons (Fsp3) is 0.150. The van der Waals surface area contributed by atoms with E-state index in [1.807, 2.05) is 0 Å². The summed E-state index contributed by atoms with van der Waals surface area (Å²) in [7, 11) is -2.14. The third-order valence-electron chi connectivity index (χ3n) is 4.45. The molecule has 9 heteroatoms. The molecular formula is C20H18ClF2N2O3P. The van der Waals surface area contributed by atoms with E-state index in [-0.39, 0.29) is 0 Å². The van der Waals surface area contributed by atoms with Gasteiger partial charge in [-0.25, -0.2) is 8.78 Å². The Balaban J connectivity index is 1.93. The minimum atomic E-state index is -3.90. The van der Waals surface area contributed by atoms with Crippen LogP contribution in [0.1, 0.15) is 16.8 Å². The fourth-order valence-corrected chi connectivity index (χ4v) is 4.55. The third kappa shape index (κ3) is 4.58. The first kappa shape index (κ1) is 21.2. The number of halogens is 3. The Morgan fingerprint density at radius 3 is 2.62 bits per heavy atom. The molecule has 5 nitrogen and oxygen atoms in total. The first-order valence-corrected chi connectivity index (χ1v) is 11.1. The van der Waals surface area contributed by atoms with Gasteiger partial charge < -0.3 is 14.8 Å². The monoisotopic (exact) mass is 438 g/mol. The summed E-state index contributed by atoms with van der Waals surface area (Å²) in [6.07, 6.45) is 4.20. The molecule has 0 radical (unpaired) electrons. The van der Waals surface area contributed by atoms with Gasteiger partial charge >= 0.3 is 0 Å². The molecule has 0 bridgehead atoms. The van der Waals surface area contributed by atoms with Gasteiger partial charge in [0.1, 0.15) is 5.66 Å². The van der Waals surface area contributed by atoms with Crippen LogP contribution in [0.3, 0.4) is 0 Å². The van der Waals surface area contributed by atoms with E-state index in [1.54, 1.807) is 36.0 Å². The summed E-state index contributed by atoms with van der Waals surface area (Å²) in [5, 5.41) is 3.48. The quantitative estimate of drug-likeness (QED) is 0.560. The Morgan fingerprint density at radius 2 is 1.97 bits per heavy atom. The van der Waals surface area contributed by atoms with E-state index in [4.69, 9.17) is 11.6 Å². The van der Waals surface area contributed by atoms with Crippen molar-refractivity contribution in [2.24, 2.45) is 7.05 Å². The number of hydrogen-bond donors (Lipinski definition) is 2. The highest BCUT2D eigenvalue weighted by molar-refractivity contribution is 7.58. The molecular weight excluding hydrogens is 421 g/mol. The van der Waals surface area contributed by atoms with Crippen LogP contribution in [0.15, 0.2) is 48.8 Å². The first-order valence-electron chi connectivity index (χ1n) is 8.54. The number of aryl methyl sites for hydroxylation is 1. The lowest BCUT2D eigenvalue weighted by Crippen LogP contribution is -2.25. The van der Waals surface area contributed by atoms with E-state index >= 15 is 0 Å². The Kier molecular flexibility index (Phi) is 5.94. The summed E-state index contributed by atoms with van der Waals surface area (Å²) >= 11 is 6.06. The van der Waals surface area contributed by atoms with Crippen molar-refractivity contribution < 1.29 is 23.0 Å². The first-order chi connectivity index (χ1) is 13.6. The average molecular weight is 439 g/mol. The number of amides is 1. The molecule has 0 aliphatic carbocycles. The molecule has 0 aliphatic heterocycles. The Labute approximate surface area is 171 Å². The molecule has 29 heavy (non-hydrogen) atoms. The van der Waals surface area contributed by atoms with Crippen molar-refractivity contribution in [2.45, 2.75) is 5.66 Å². The second-order valence-electron chi connectivity index (χ2n) is 6.72. The van der Waals surface area contributed by atoms with Crippen molar-refractivity contribution in [3.63, 3.8) is 0 Å². The van der Waals surface area contributed by atoms with E-state index < -0.39 is 30.6 Å². The number of carbonyl (C=O) groups excluding carboxylic acids is 1. The predicted molar refractivity (Wildman–Crippen MR) is 110 cm³/mol. The number of aromatic nitrogens is 1. The molecule has 152 valence electrons. The maximum Gasteiger partial charge on any atom is 0.241 e. The minimum Gasteiger partial charge on any atom is -0.350 e. The van der Waals surface area contributed by atoms with Gasteiger partial charge in [-0.2, -0.15) is 0 Å². The summed E-state index contributed by atoms with van der Waals surface area (Å²) in [5.74, 6) is -2.70. The molecule has 2 atom stereocenters. The molecule has 0 aliphatic rings. The lowest BCUT2D eigenvalue weighted by Gasteiger charge is -2.18. The molecule has 3 aromatic rings. The number of rotatable bonds is 5. The number of nitrogens with one attached hydrogen (secondary N) is 1. The largest absolute Gasteiger partial charge is 0.350 e. The highest BCUT2D eigenvalue weighted by Gasteiger charge is 2.36. The number of nitrogens with zero attached hydrogens (tertiary/aromatic N) is 1. The number of carbonyl (C=O) groups is 1. The van der Waals surface area contributed by atoms with Crippen LogP contribution in [0.2, 0.25) is 5.02 Å². The molecule has 1 amide bonds. The third-order valence-corrected chi connectivity index (χ3v) is 6.16. The van der Waals surface area contributed by atoms with Gasteiger partial charge in [-0.15, -0.1) is 0 Å². The number of hydrogen-bond acceptors (Lipinski definition) is 2. The molecule has 2 N–H and O–H groups in total. The Morgan fingerprint density at radius 1 is 1.24 bits per heavy atom. The van der Waals surface area contributed by atoms with Gasteiger partial charge in [-0.1, -0.05) is 17.7 Å². The molecule has 1 aromatic heterocycles. The van der Waals surface area contributed by atoms with Crippen LogP contribution in [0.5, 0.6) is 0 Å². The fourth-order valence-electron chi connectivity index (χ4n) is 3.14. The van der Waals surface area contributed by atoms with E-state index in [9.17, 15) is 23.0 Å². The SMILES string of the molecule is Cn1cc(C(C(=O)N/C=C/c2ccc(F)c(F)c2)P(C)(=O)O)c2cc(Cl)ccc21. The van der Waals surface area contributed by atoms with E-state index in [1.165, 1.54) is 18.3 Å². The summed E-state index contributed by atoms with van der Waals surface area (Å²) in [4.78, 5) is 23.0. The zero-order valence-electron chi connectivity index (χ0n) is 15.6. The maximum atomic E-state index is 13.3. The van der Waals surface area contributed by atoms with Crippen molar-refractivity contribution in [3.8, 4) is 0 Å². The molecule has 1 heterocycles. The lowest BCUT2D eigenvalue weighted by atomic mass is 10.1. The average Bonchev–Trinajstić information content (AvgIpc) is 2.92. The Bertz CT molecular complexity index is 1170. The minimum absolute atomic E-state index is 0.321. The van der Waals surface area contributed by atoms with Crippen LogP contribution in [-0.4, -0.2) is 22.0 Å². The smallest absolute Gasteiger partial charge is 0.241 e. The van der Waals surface area contributed by atoms with Crippen LogP contribution < -0.4 is 5.32 Å². The van der Waals surface area contributed by atoms with Gasteiger partial charge in [0, 0.05) is 42.0 Å². The normalized spacial score (nSPS) is 14.8. The van der Waals surface area contributed by atoms with Crippen LogP contribution >= 0.6 is 19.0 Å². The van der Waals surface area contributed by atoms with Crippen molar-refractivity contribution in [3.05, 3.63) is 76.6 Å². The zero-order valence-corrected chi connectivity index (χ0v) is 17.2. The molecule has 0 saturated heterocycles. The van der Waals surface area contributed by atoms with Crippen LogP contribution in [0, 0.1) is 11.6 Å². The van der Waals surface area contributed by atoms with E-state index in [2.05, 4.69) is 5.32 Å². The lowest BCUT2D eigenvalue weighted by molar-refractivity contribution is -0.120. The van der Waals surface area contributed by atoms with Crippen LogP contribution in [-0.2, 0) is 16.4 Å². The summed E-state index contributed by atoms with van der Waals surface area (Å²) in [6.45, 7) is 1.11. The van der Waals surface area contributed by atoms with E-state index in [0.717, 1.165) is 24.3 Å². The molecule has 3 rings (SSSR count). The van der Waals surface area contributed by atoms with Gasteiger partial charge in [-0.3, -0.25) is 9.36 Å². The molecule has 0 fully saturated rings. The van der Waals surface area contributed by atoms with Gasteiger partial charge in [0.2, 0.25) is 13.3 Å². The summed E-state index contributed by atoms with van der Waals surface area (Å²) in [5.41, 5.74) is 0.116. The number of fused-ring (bicyclic) bond motifs is 1. The topological polar surface area (TPSA) is 71.3 Å². The Hall–Kier alpha value is -2.47. The molecule has 2 unspecified atom stereocenters. The number of benzene rings is 2. The highest BCUT2D eigenvalue weighted by Crippen LogP contribution is 2.54. The summed E-state index contributed by atoms with van der Waals surface area (Å²) < 4.78 is 40.6. The van der Waals surface area contributed by atoms with Gasteiger partial charge in [0.25, 0.3) is 0 Å². The maximum absolute atomic E-state index is 13.3. The predicted octanol–water partition coefficient (Wildman–Crippen LogP) is 4.84. The second kappa shape index (κ2) is 8.11. The van der Waals surface area contributed by atoms with Gasteiger partial charge in [0.05, 0.1) is 0 Å². The van der Waals surface area contributed by atoms with Crippen molar-refractivity contribution in [1.29, 1.82) is 0 Å². The van der Waals surface area contributed by atoms with Crippen LogP contribution in [0.25, 0.3) is 17.0 Å². The van der Waals surface area contributed by atoms with Crippen molar-refractivity contribution in [1.82, 2.24) is 9.88 Å². The molecule has 2 aromatic carbocycles. The zero-order chi connectivity index (χ0) is 21.3. The molecule has 0 saturated carbocycles. The second-order valence-corrected chi connectivity index (χ2v) is 9.56. The standard InChI is InChI=1S/C20H18ClF2N2O3P/c1-25-11-15(14-10-13(21)4-6-18(14)25)19(29(2,27)28)20(26)24-8-7-12-3-5-16(22)17(23)9-12/h3-11,19H,1-2H3,(H,24,26)(H,27,28)/b8-7+. The van der Waals surface area contributed by atoms with Crippen molar-refractivity contribution in [2.75, 3.05) is 6.66 Å².